The van der Waals surface area contributed by atoms with E-state index in [2.05, 4.69) is 15.3 Å². The maximum atomic E-state index is 13.5. The number of halogens is 4. The van der Waals surface area contributed by atoms with E-state index >= 15 is 0 Å². The zero-order chi connectivity index (χ0) is 26.8. The van der Waals surface area contributed by atoms with E-state index in [1.807, 2.05) is 0 Å². The van der Waals surface area contributed by atoms with E-state index in [0.29, 0.717) is 6.20 Å². The summed E-state index contributed by atoms with van der Waals surface area (Å²) in [7, 11) is 1.33. The smallest absolute Gasteiger partial charge is 0.418 e. The number of anilines is 1. The normalized spacial score (nSPS) is 12.1. The van der Waals surface area contributed by atoms with Crippen LogP contribution in [-0.2, 0) is 22.3 Å². The molecule has 0 saturated heterocycles. The van der Waals surface area contributed by atoms with E-state index in [1.54, 1.807) is 0 Å². The van der Waals surface area contributed by atoms with Crippen LogP contribution in [0.5, 0.6) is 11.6 Å². The van der Waals surface area contributed by atoms with Crippen molar-refractivity contribution in [1.82, 2.24) is 14.3 Å². The van der Waals surface area contributed by atoms with Gasteiger partial charge in [0.2, 0.25) is 11.8 Å². The Labute approximate surface area is 206 Å². The second-order valence-electron chi connectivity index (χ2n) is 7.54. The van der Waals surface area contributed by atoms with E-state index in [4.69, 9.17) is 4.74 Å². The largest absolute Gasteiger partial charge is 0.588 e. The molecule has 2 amide bonds. The summed E-state index contributed by atoms with van der Waals surface area (Å²) in [5.74, 6) is -2.70. The number of rotatable bonds is 6. The molecule has 0 fully saturated rings. The number of nitrogens with zero attached hydrogens (tertiary/aromatic N) is 3. The molecule has 2 heterocycles. The Bertz CT molecular complexity index is 1320. The lowest BCUT2D eigenvalue weighted by Gasteiger charge is -2.19. The number of ether oxygens (including phenoxy) is 1. The Morgan fingerprint density at radius 2 is 1.86 bits per heavy atom. The van der Waals surface area contributed by atoms with Gasteiger partial charge in [-0.1, -0.05) is 6.07 Å². The maximum Gasteiger partial charge on any atom is 0.418 e. The summed E-state index contributed by atoms with van der Waals surface area (Å²) < 4.78 is 73.0. The van der Waals surface area contributed by atoms with Crippen LogP contribution in [-0.4, -0.2) is 37.7 Å². The molecule has 3 rings (SSSR count). The summed E-state index contributed by atoms with van der Waals surface area (Å²) in [6.07, 6.45) is -4.26. The Hall–Kier alpha value is -3.71. The van der Waals surface area contributed by atoms with Crippen molar-refractivity contribution in [1.29, 1.82) is 0 Å². The highest BCUT2D eigenvalue weighted by Gasteiger charge is 2.36. The molecule has 0 radical (unpaired) electrons. The quantitative estimate of drug-likeness (QED) is 0.282. The molecule has 0 saturated carbocycles. The molecule has 1 aromatic carbocycles. The molecule has 3 aromatic rings. The number of pyridine rings is 2. The van der Waals surface area contributed by atoms with Gasteiger partial charge in [0.25, 0.3) is 11.8 Å². The molecule has 190 valence electrons. The van der Waals surface area contributed by atoms with Crippen molar-refractivity contribution in [3.05, 3.63) is 70.9 Å². The number of nitrogens with one attached hydrogen (secondary N) is 1. The average molecular weight is 524 g/mol. The van der Waals surface area contributed by atoms with Gasteiger partial charge >= 0.3 is 6.18 Å². The van der Waals surface area contributed by atoms with Gasteiger partial charge in [-0.05, 0) is 43.7 Å². The summed E-state index contributed by atoms with van der Waals surface area (Å²) in [4.78, 5) is 32.1. The molecule has 0 unspecified atom stereocenters. The van der Waals surface area contributed by atoms with Crippen molar-refractivity contribution >= 4 is 28.9 Å². The standard InChI is InChI=1S/C23H20F4N4O4S/c1-12-17(23(25,26)27)11-28-22(35-18-8-9-19(24)29-13(18)2)20(12)21(33)30-15-6-5-7-16(10-15)36(34)31(4)14(3)32/h5-11H,1-4H3,(H,30,33)/t36-/m1/s1. The second kappa shape index (κ2) is 10.5. The van der Waals surface area contributed by atoms with Crippen molar-refractivity contribution in [3.63, 3.8) is 0 Å². The van der Waals surface area contributed by atoms with Crippen LogP contribution >= 0.6 is 0 Å². The first-order valence-corrected chi connectivity index (χ1v) is 11.4. The first-order chi connectivity index (χ1) is 16.8. The molecule has 0 bridgehead atoms. The Balaban J connectivity index is 2.02. The van der Waals surface area contributed by atoms with E-state index < -0.39 is 57.9 Å². The van der Waals surface area contributed by atoms with Crippen LogP contribution in [0, 0.1) is 19.8 Å². The molecule has 36 heavy (non-hydrogen) atoms. The third kappa shape index (κ3) is 5.91. The molecular weight excluding hydrogens is 504 g/mol. The van der Waals surface area contributed by atoms with Crippen molar-refractivity contribution in [2.24, 2.45) is 0 Å². The minimum atomic E-state index is -4.80. The molecule has 2 aromatic heterocycles. The van der Waals surface area contributed by atoms with Gasteiger partial charge < -0.3 is 14.6 Å². The molecule has 0 aliphatic rings. The molecule has 0 aliphatic carbocycles. The fourth-order valence-electron chi connectivity index (χ4n) is 3.09. The van der Waals surface area contributed by atoms with E-state index in [1.165, 1.54) is 51.2 Å². The van der Waals surface area contributed by atoms with Gasteiger partial charge in [-0.25, -0.2) is 9.97 Å². The monoisotopic (exact) mass is 524 g/mol. The number of alkyl halides is 3. The number of hydrogen-bond donors (Lipinski definition) is 1. The van der Waals surface area contributed by atoms with Crippen LogP contribution in [0.2, 0.25) is 0 Å². The van der Waals surface area contributed by atoms with Crippen LogP contribution in [0.1, 0.15) is 34.1 Å². The first-order valence-electron chi connectivity index (χ1n) is 10.2. The van der Waals surface area contributed by atoms with Gasteiger partial charge in [0.1, 0.15) is 16.9 Å². The lowest BCUT2D eigenvalue weighted by molar-refractivity contribution is -0.138. The fraction of sp³-hybridized carbons (Fsp3) is 0.217. The number of hydrogen-bond acceptors (Lipinski definition) is 6. The predicted molar refractivity (Wildman–Crippen MR) is 122 cm³/mol. The summed E-state index contributed by atoms with van der Waals surface area (Å²) in [6, 6.07) is 7.86. The number of aromatic nitrogens is 2. The van der Waals surface area contributed by atoms with Gasteiger partial charge in [0.05, 0.1) is 18.3 Å². The summed E-state index contributed by atoms with van der Waals surface area (Å²) in [5, 5.41) is 2.45. The zero-order valence-electron chi connectivity index (χ0n) is 19.4. The summed E-state index contributed by atoms with van der Waals surface area (Å²) in [6.45, 7) is 3.74. The first kappa shape index (κ1) is 26.9. The lowest BCUT2D eigenvalue weighted by Crippen LogP contribution is -2.31. The van der Waals surface area contributed by atoms with E-state index in [9.17, 15) is 31.7 Å². The SMILES string of the molecule is CC(=O)N(C)[S@+]([O-])c1cccc(NC(=O)c2c(Oc3ccc(F)nc3C)ncc(C(F)(F)F)c2C)c1. The highest BCUT2D eigenvalue weighted by molar-refractivity contribution is 7.89. The van der Waals surface area contributed by atoms with Gasteiger partial charge in [0.15, 0.2) is 10.6 Å². The number of aryl methyl sites for hydroxylation is 1. The molecule has 1 atom stereocenters. The van der Waals surface area contributed by atoms with Crippen LogP contribution < -0.4 is 10.1 Å². The van der Waals surface area contributed by atoms with Gasteiger partial charge in [-0.3, -0.25) is 9.59 Å². The average Bonchev–Trinajstić information content (AvgIpc) is 2.79. The fourth-order valence-corrected chi connectivity index (χ4v) is 4.06. The minimum absolute atomic E-state index is 0.0122. The van der Waals surface area contributed by atoms with E-state index in [0.717, 1.165) is 17.3 Å². The number of carbonyl (C=O) groups is 2. The summed E-state index contributed by atoms with van der Waals surface area (Å²) >= 11 is -1.87. The van der Waals surface area contributed by atoms with Crippen molar-refractivity contribution in [3.8, 4) is 11.6 Å². The minimum Gasteiger partial charge on any atom is -0.588 e. The molecule has 8 nitrogen and oxygen atoms in total. The Morgan fingerprint density at radius 3 is 2.47 bits per heavy atom. The number of carbonyl (C=O) groups excluding carboxylic acids is 2. The Kier molecular flexibility index (Phi) is 7.84. The molecular formula is C23H20F4N4O4S. The molecule has 1 N–H and O–H groups in total. The maximum absolute atomic E-state index is 13.5. The van der Waals surface area contributed by atoms with Crippen molar-refractivity contribution in [2.45, 2.75) is 31.8 Å². The van der Waals surface area contributed by atoms with Gasteiger partial charge in [0, 0.05) is 24.9 Å². The van der Waals surface area contributed by atoms with Crippen LogP contribution in [0.4, 0.5) is 23.2 Å². The van der Waals surface area contributed by atoms with Crippen LogP contribution in [0.15, 0.2) is 47.5 Å². The lowest BCUT2D eigenvalue weighted by atomic mass is 10.0. The highest BCUT2D eigenvalue weighted by Crippen LogP contribution is 2.37. The number of benzene rings is 1. The zero-order valence-corrected chi connectivity index (χ0v) is 20.3. The Morgan fingerprint density at radius 1 is 1.17 bits per heavy atom. The number of amides is 2. The van der Waals surface area contributed by atoms with Crippen molar-refractivity contribution in [2.75, 3.05) is 12.4 Å². The third-order valence-electron chi connectivity index (χ3n) is 5.03. The molecule has 0 spiro atoms. The summed E-state index contributed by atoms with van der Waals surface area (Å²) in [5.41, 5.74) is -1.92. The molecule has 0 aliphatic heterocycles. The van der Waals surface area contributed by atoms with Gasteiger partial charge in [-0.2, -0.15) is 21.9 Å². The highest BCUT2D eigenvalue weighted by atomic mass is 32.2. The van der Waals surface area contributed by atoms with Gasteiger partial charge in [-0.15, -0.1) is 0 Å². The molecule has 13 heteroatoms. The van der Waals surface area contributed by atoms with E-state index in [-0.39, 0.29) is 22.0 Å². The second-order valence-corrected chi connectivity index (χ2v) is 9.06. The third-order valence-corrected chi connectivity index (χ3v) is 6.44. The van der Waals surface area contributed by atoms with Crippen molar-refractivity contribution < 1.29 is 36.4 Å². The van der Waals surface area contributed by atoms with Crippen LogP contribution in [0.3, 0.4) is 0 Å². The predicted octanol–water partition coefficient (Wildman–Crippen LogP) is 4.80. The topological polar surface area (TPSA) is 107 Å². The van der Waals surface area contributed by atoms with Crippen LogP contribution in [0.25, 0.3) is 0 Å².